The standard InChI is InChI=1S/C14H20N2O/c1-10(2)8-16-9-12-6-4-3-5-11(12)7-13(16)14(15)17/h3-6,10,13H,7-9H2,1-2H3,(H2,15,17)/t13-/m0/s1. The minimum absolute atomic E-state index is 0.146. The molecule has 0 fully saturated rings. The molecule has 1 aromatic rings. The zero-order chi connectivity index (χ0) is 12.4. The van der Waals surface area contributed by atoms with Gasteiger partial charge in [-0.05, 0) is 23.5 Å². The first-order chi connectivity index (χ1) is 8.08. The lowest BCUT2D eigenvalue weighted by Crippen LogP contribution is -2.49. The Morgan fingerprint density at radius 1 is 1.41 bits per heavy atom. The van der Waals surface area contributed by atoms with Gasteiger partial charge in [-0.1, -0.05) is 38.1 Å². The van der Waals surface area contributed by atoms with Crippen molar-refractivity contribution in [3.63, 3.8) is 0 Å². The molecule has 3 heteroatoms. The molecule has 0 radical (unpaired) electrons. The minimum Gasteiger partial charge on any atom is -0.368 e. The van der Waals surface area contributed by atoms with Crippen molar-refractivity contribution >= 4 is 5.91 Å². The van der Waals surface area contributed by atoms with Gasteiger partial charge in [-0.15, -0.1) is 0 Å². The van der Waals surface area contributed by atoms with Crippen LogP contribution >= 0.6 is 0 Å². The van der Waals surface area contributed by atoms with Crippen LogP contribution in [0.25, 0.3) is 0 Å². The fourth-order valence-corrected chi connectivity index (χ4v) is 2.52. The highest BCUT2D eigenvalue weighted by Crippen LogP contribution is 2.23. The molecule has 1 atom stereocenters. The second-order valence-electron chi connectivity index (χ2n) is 5.21. The van der Waals surface area contributed by atoms with Gasteiger partial charge < -0.3 is 5.73 Å². The Balaban J connectivity index is 2.24. The minimum atomic E-state index is -0.208. The van der Waals surface area contributed by atoms with Crippen LogP contribution in [0.2, 0.25) is 0 Å². The maximum absolute atomic E-state index is 11.5. The van der Waals surface area contributed by atoms with Crippen LogP contribution in [-0.2, 0) is 17.8 Å². The fraction of sp³-hybridized carbons (Fsp3) is 0.500. The Kier molecular flexibility index (Phi) is 3.48. The zero-order valence-corrected chi connectivity index (χ0v) is 10.5. The largest absolute Gasteiger partial charge is 0.368 e. The average molecular weight is 232 g/mol. The van der Waals surface area contributed by atoms with Gasteiger partial charge in [0.25, 0.3) is 0 Å². The molecule has 3 nitrogen and oxygen atoms in total. The third kappa shape index (κ3) is 2.67. The van der Waals surface area contributed by atoms with Gasteiger partial charge in [0.15, 0.2) is 0 Å². The maximum atomic E-state index is 11.5. The van der Waals surface area contributed by atoms with Gasteiger partial charge >= 0.3 is 0 Å². The molecule has 0 bridgehead atoms. The van der Waals surface area contributed by atoms with E-state index in [0.717, 1.165) is 19.5 Å². The molecule has 1 amide bonds. The zero-order valence-electron chi connectivity index (χ0n) is 10.5. The molecular formula is C14H20N2O. The topological polar surface area (TPSA) is 46.3 Å². The van der Waals surface area contributed by atoms with Crippen LogP contribution in [0.1, 0.15) is 25.0 Å². The van der Waals surface area contributed by atoms with Crippen molar-refractivity contribution in [2.75, 3.05) is 6.54 Å². The molecular weight excluding hydrogens is 212 g/mol. The highest BCUT2D eigenvalue weighted by molar-refractivity contribution is 5.80. The quantitative estimate of drug-likeness (QED) is 0.859. The molecule has 0 saturated heterocycles. The number of nitrogens with two attached hydrogens (primary N) is 1. The Morgan fingerprint density at radius 3 is 2.65 bits per heavy atom. The molecule has 0 aliphatic carbocycles. The van der Waals surface area contributed by atoms with Gasteiger partial charge in [0, 0.05) is 13.1 Å². The SMILES string of the molecule is CC(C)CN1Cc2ccccc2C[C@H]1C(N)=O. The maximum Gasteiger partial charge on any atom is 0.235 e. The smallest absolute Gasteiger partial charge is 0.235 e. The van der Waals surface area contributed by atoms with Crippen molar-refractivity contribution in [3.8, 4) is 0 Å². The highest BCUT2D eigenvalue weighted by Gasteiger charge is 2.29. The van der Waals surface area contributed by atoms with Crippen LogP contribution in [0, 0.1) is 5.92 Å². The number of benzene rings is 1. The Morgan fingerprint density at radius 2 is 2.06 bits per heavy atom. The van der Waals surface area contributed by atoms with Crippen LogP contribution in [0.3, 0.4) is 0 Å². The first kappa shape index (κ1) is 12.1. The van der Waals surface area contributed by atoms with E-state index in [0.29, 0.717) is 5.92 Å². The number of carbonyl (C=O) groups excluding carboxylic acids is 1. The predicted octanol–water partition coefficient (Wildman–Crippen LogP) is 1.55. The van der Waals surface area contributed by atoms with Gasteiger partial charge in [-0.25, -0.2) is 0 Å². The lowest BCUT2D eigenvalue weighted by molar-refractivity contribution is -0.124. The van der Waals surface area contributed by atoms with Gasteiger partial charge in [-0.3, -0.25) is 9.69 Å². The third-order valence-corrected chi connectivity index (χ3v) is 3.27. The summed E-state index contributed by atoms with van der Waals surface area (Å²) in [5, 5.41) is 0. The Hall–Kier alpha value is -1.35. The lowest BCUT2D eigenvalue weighted by atomic mass is 9.93. The number of nitrogens with zero attached hydrogens (tertiary/aromatic N) is 1. The molecule has 1 aliphatic heterocycles. The molecule has 17 heavy (non-hydrogen) atoms. The number of primary amides is 1. The summed E-state index contributed by atoms with van der Waals surface area (Å²) in [7, 11) is 0. The normalized spacial score (nSPS) is 20.3. The van der Waals surface area contributed by atoms with Gasteiger partial charge in [0.05, 0.1) is 6.04 Å². The second-order valence-corrected chi connectivity index (χ2v) is 5.21. The number of amides is 1. The lowest BCUT2D eigenvalue weighted by Gasteiger charge is -2.36. The van der Waals surface area contributed by atoms with Crippen molar-refractivity contribution in [3.05, 3.63) is 35.4 Å². The number of hydrogen-bond donors (Lipinski definition) is 1. The molecule has 92 valence electrons. The van der Waals surface area contributed by atoms with Gasteiger partial charge in [-0.2, -0.15) is 0 Å². The van der Waals surface area contributed by atoms with E-state index in [1.54, 1.807) is 0 Å². The monoisotopic (exact) mass is 232 g/mol. The third-order valence-electron chi connectivity index (χ3n) is 3.27. The van der Waals surface area contributed by atoms with Gasteiger partial charge in [0.2, 0.25) is 5.91 Å². The van der Waals surface area contributed by atoms with E-state index in [2.05, 4.69) is 36.9 Å². The Bertz CT molecular complexity index is 414. The molecule has 1 aliphatic rings. The van der Waals surface area contributed by atoms with Crippen LogP contribution in [-0.4, -0.2) is 23.4 Å². The van der Waals surface area contributed by atoms with Crippen LogP contribution in [0.15, 0.2) is 24.3 Å². The molecule has 0 saturated carbocycles. The first-order valence-electron chi connectivity index (χ1n) is 6.18. The van der Waals surface area contributed by atoms with E-state index < -0.39 is 0 Å². The van der Waals surface area contributed by atoms with E-state index in [9.17, 15) is 4.79 Å². The van der Waals surface area contributed by atoms with Crippen molar-refractivity contribution in [2.45, 2.75) is 32.9 Å². The molecule has 2 N–H and O–H groups in total. The second kappa shape index (κ2) is 4.88. The summed E-state index contributed by atoms with van der Waals surface area (Å²) in [5.74, 6) is 0.335. The first-order valence-corrected chi connectivity index (χ1v) is 6.18. The van der Waals surface area contributed by atoms with Crippen molar-refractivity contribution in [1.29, 1.82) is 0 Å². The van der Waals surface area contributed by atoms with Crippen LogP contribution < -0.4 is 5.73 Å². The van der Waals surface area contributed by atoms with E-state index >= 15 is 0 Å². The molecule has 0 spiro atoms. The molecule has 1 heterocycles. The predicted molar refractivity (Wildman–Crippen MR) is 68.4 cm³/mol. The summed E-state index contributed by atoms with van der Waals surface area (Å²) in [6.45, 7) is 6.08. The average Bonchev–Trinajstić information content (AvgIpc) is 2.27. The van der Waals surface area contributed by atoms with Crippen molar-refractivity contribution < 1.29 is 4.79 Å². The van der Waals surface area contributed by atoms with Crippen molar-refractivity contribution in [1.82, 2.24) is 4.90 Å². The number of carbonyl (C=O) groups is 1. The molecule has 2 rings (SSSR count). The van der Waals surface area contributed by atoms with E-state index in [1.807, 2.05) is 6.07 Å². The molecule has 0 unspecified atom stereocenters. The number of fused-ring (bicyclic) bond motifs is 1. The summed E-state index contributed by atoms with van der Waals surface area (Å²) in [5.41, 5.74) is 8.09. The highest BCUT2D eigenvalue weighted by atomic mass is 16.1. The number of hydrogen-bond acceptors (Lipinski definition) is 2. The Labute approximate surface area is 103 Å². The van der Waals surface area contributed by atoms with Crippen LogP contribution in [0.4, 0.5) is 0 Å². The van der Waals surface area contributed by atoms with Crippen LogP contribution in [0.5, 0.6) is 0 Å². The molecule has 1 aromatic carbocycles. The summed E-state index contributed by atoms with van der Waals surface area (Å²) in [6.07, 6.45) is 0.748. The summed E-state index contributed by atoms with van der Waals surface area (Å²) in [6, 6.07) is 8.16. The molecule has 0 aromatic heterocycles. The van der Waals surface area contributed by atoms with Gasteiger partial charge in [0.1, 0.15) is 0 Å². The summed E-state index contributed by atoms with van der Waals surface area (Å²) < 4.78 is 0. The summed E-state index contributed by atoms with van der Waals surface area (Å²) in [4.78, 5) is 13.7. The van der Waals surface area contributed by atoms with E-state index in [1.165, 1.54) is 11.1 Å². The summed E-state index contributed by atoms with van der Waals surface area (Å²) >= 11 is 0. The van der Waals surface area contributed by atoms with E-state index in [4.69, 9.17) is 5.73 Å². The number of rotatable bonds is 3. The fourth-order valence-electron chi connectivity index (χ4n) is 2.52. The van der Waals surface area contributed by atoms with E-state index in [-0.39, 0.29) is 11.9 Å². The van der Waals surface area contributed by atoms with Crippen molar-refractivity contribution in [2.24, 2.45) is 11.7 Å².